The van der Waals surface area contributed by atoms with Crippen molar-refractivity contribution < 1.29 is 4.57 Å². The Labute approximate surface area is 73.9 Å². The van der Waals surface area contributed by atoms with Crippen LogP contribution >= 0.6 is 0 Å². The van der Waals surface area contributed by atoms with E-state index >= 15 is 0 Å². The van der Waals surface area contributed by atoms with Crippen molar-refractivity contribution in [3.63, 3.8) is 0 Å². The third-order valence-electron chi connectivity index (χ3n) is 1.77. The van der Waals surface area contributed by atoms with Crippen LogP contribution < -0.4 is 4.57 Å². The molecule has 1 aromatic heterocycles. The molecule has 1 rings (SSSR count). The van der Waals surface area contributed by atoms with E-state index in [-0.39, 0.29) is 0 Å². The molecular weight excluding hydrogens is 148 g/mol. The number of nitrogens with zero attached hydrogens (tertiary/aromatic N) is 1. The second kappa shape index (κ2) is 4.75. The summed E-state index contributed by atoms with van der Waals surface area (Å²) in [6, 6.07) is 0. The number of rotatable bonds is 4. The summed E-state index contributed by atoms with van der Waals surface area (Å²) in [5.41, 5.74) is 0. The standard InChI is InChI=1S/C10H16N2/c1-3-5-6-10-11-7-9-12(10)8-4-2/h5-7,9H,3-4,8H2,1-2H3/p+1. The van der Waals surface area contributed by atoms with Gasteiger partial charge in [0.05, 0.1) is 6.54 Å². The van der Waals surface area contributed by atoms with Gasteiger partial charge >= 0.3 is 0 Å². The molecule has 0 aromatic carbocycles. The van der Waals surface area contributed by atoms with Gasteiger partial charge in [-0.25, -0.2) is 9.55 Å². The number of allylic oxidation sites excluding steroid dienone is 1. The summed E-state index contributed by atoms with van der Waals surface area (Å²) in [4.78, 5) is 3.20. The first-order valence-corrected chi connectivity index (χ1v) is 4.61. The molecule has 0 atom stereocenters. The topological polar surface area (TPSA) is 19.7 Å². The van der Waals surface area contributed by atoms with Crippen molar-refractivity contribution in [2.45, 2.75) is 33.2 Å². The van der Waals surface area contributed by atoms with E-state index in [9.17, 15) is 0 Å². The molecule has 0 saturated carbocycles. The van der Waals surface area contributed by atoms with Gasteiger partial charge in [0.15, 0.2) is 0 Å². The Balaban J connectivity index is 2.69. The van der Waals surface area contributed by atoms with Gasteiger partial charge in [-0.15, -0.1) is 0 Å². The maximum Gasteiger partial charge on any atom is 0.278 e. The van der Waals surface area contributed by atoms with Crippen LogP contribution in [0.15, 0.2) is 18.5 Å². The summed E-state index contributed by atoms with van der Waals surface area (Å²) >= 11 is 0. The van der Waals surface area contributed by atoms with Crippen molar-refractivity contribution in [3.05, 3.63) is 24.3 Å². The van der Waals surface area contributed by atoms with Crippen molar-refractivity contribution in [2.75, 3.05) is 0 Å². The number of aryl methyl sites for hydroxylation is 1. The molecule has 0 aliphatic carbocycles. The Hall–Kier alpha value is -1.05. The lowest BCUT2D eigenvalue weighted by Gasteiger charge is -1.92. The minimum absolute atomic E-state index is 1.09. The van der Waals surface area contributed by atoms with Crippen molar-refractivity contribution in [1.29, 1.82) is 0 Å². The third kappa shape index (κ3) is 2.22. The number of H-pyrrole nitrogens is 1. The maximum absolute atomic E-state index is 3.20. The highest BCUT2D eigenvalue weighted by atomic mass is 15.0. The lowest BCUT2D eigenvalue weighted by Crippen LogP contribution is -2.34. The number of aromatic amines is 1. The molecule has 0 fully saturated rings. The molecule has 66 valence electrons. The van der Waals surface area contributed by atoms with Crippen LogP contribution in [0, 0.1) is 0 Å². The van der Waals surface area contributed by atoms with Gasteiger partial charge in [0.2, 0.25) is 0 Å². The summed E-state index contributed by atoms with van der Waals surface area (Å²) in [5.74, 6) is 1.19. The molecule has 12 heavy (non-hydrogen) atoms. The predicted molar refractivity (Wildman–Crippen MR) is 50.6 cm³/mol. The molecule has 2 nitrogen and oxygen atoms in total. The Bertz CT molecular complexity index is 248. The number of hydrogen-bond donors (Lipinski definition) is 1. The van der Waals surface area contributed by atoms with E-state index < -0.39 is 0 Å². The largest absolute Gasteiger partial charge is 0.278 e. The van der Waals surface area contributed by atoms with Gasteiger partial charge in [0.25, 0.3) is 5.82 Å². The average Bonchev–Trinajstić information content (AvgIpc) is 2.50. The van der Waals surface area contributed by atoms with E-state index in [4.69, 9.17) is 0 Å². The van der Waals surface area contributed by atoms with Crippen LogP contribution in [-0.4, -0.2) is 4.98 Å². The van der Waals surface area contributed by atoms with E-state index in [1.807, 2.05) is 6.20 Å². The van der Waals surface area contributed by atoms with E-state index in [2.05, 4.69) is 41.7 Å². The Morgan fingerprint density at radius 1 is 1.50 bits per heavy atom. The van der Waals surface area contributed by atoms with Crippen molar-refractivity contribution >= 4 is 6.08 Å². The molecule has 2 heteroatoms. The van der Waals surface area contributed by atoms with E-state index in [0.29, 0.717) is 0 Å². The highest BCUT2D eigenvalue weighted by Gasteiger charge is 2.03. The summed E-state index contributed by atoms with van der Waals surface area (Å²) < 4.78 is 2.23. The first-order valence-electron chi connectivity index (χ1n) is 4.61. The van der Waals surface area contributed by atoms with E-state index in [1.165, 1.54) is 12.2 Å². The first kappa shape index (κ1) is 9.04. The Kier molecular flexibility index (Phi) is 3.58. The molecule has 1 N–H and O–H groups in total. The lowest BCUT2D eigenvalue weighted by atomic mass is 10.4. The highest BCUT2D eigenvalue weighted by Crippen LogP contribution is 1.93. The number of nitrogens with one attached hydrogen (secondary N) is 1. The van der Waals surface area contributed by atoms with Gasteiger partial charge in [0.1, 0.15) is 12.4 Å². The minimum atomic E-state index is 1.09. The fraction of sp³-hybridized carbons (Fsp3) is 0.500. The SMILES string of the molecule is CCC=Cc1[nH]cc[n+]1CCC. The van der Waals surface area contributed by atoms with Gasteiger partial charge < -0.3 is 0 Å². The van der Waals surface area contributed by atoms with Gasteiger partial charge in [-0.05, 0) is 12.8 Å². The van der Waals surface area contributed by atoms with Crippen LogP contribution in [-0.2, 0) is 6.54 Å². The normalized spacial score (nSPS) is 11.2. The van der Waals surface area contributed by atoms with Crippen molar-refractivity contribution in [1.82, 2.24) is 4.98 Å². The van der Waals surface area contributed by atoms with Crippen LogP contribution in [0.2, 0.25) is 0 Å². The molecule has 0 aliphatic rings. The molecule has 0 radical (unpaired) electrons. The fourth-order valence-electron chi connectivity index (χ4n) is 1.19. The average molecular weight is 165 g/mol. The number of hydrogen-bond acceptors (Lipinski definition) is 0. The van der Waals surface area contributed by atoms with Crippen LogP contribution in [0.25, 0.3) is 6.08 Å². The Morgan fingerprint density at radius 3 is 3.00 bits per heavy atom. The zero-order chi connectivity index (χ0) is 8.81. The molecule has 0 saturated heterocycles. The summed E-state index contributed by atoms with van der Waals surface area (Å²) in [7, 11) is 0. The monoisotopic (exact) mass is 165 g/mol. The van der Waals surface area contributed by atoms with Gasteiger partial charge in [-0.2, -0.15) is 0 Å². The smallest absolute Gasteiger partial charge is 0.244 e. The van der Waals surface area contributed by atoms with Crippen LogP contribution in [0.5, 0.6) is 0 Å². The molecule has 1 aromatic rings. The molecular formula is C10H17N2+. The zero-order valence-electron chi connectivity index (χ0n) is 7.88. The van der Waals surface area contributed by atoms with Gasteiger partial charge in [-0.3, -0.25) is 0 Å². The van der Waals surface area contributed by atoms with E-state index in [1.54, 1.807) is 0 Å². The lowest BCUT2D eigenvalue weighted by molar-refractivity contribution is -0.697. The van der Waals surface area contributed by atoms with Gasteiger partial charge in [-0.1, -0.05) is 19.9 Å². The van der Waals surface area contributed by atoms with Crippen LogP contribution in [0.1, 0.15) is 32.5 Å². The van der Waals surface area contributed by atoms with Crippen LogP contribution in [0.4, 0.5) is 0 Å². The minimum Gasteiger partial charge on any atom is -0.244 e. The van der Waals surface area contributed by atoms with Crippen molar-refractivity contribution in [3.8, 4) is 0 Å². The molecule has 0 aliphatic heterocycles. The van der Waals surface area contributed by atoms with Gasteiger partial charge in [0, 0.05) is 6.08 Å². The molecule has 0 bridgehead atoms. The summed E-state index contributed by atoms with van der Waals surface area (Å²) in [6.45, 7) is 5.42. The molecule has 0 amide bonds. The quantitative estimate of drug-likeness (QED) is 0.659. The highest BCUT2D eigenvalue weighted by molar-refractivity contribution is 5.35. The summed E-state index contributed by atoms with van der Waals surface area (Å²) in [6.07, 6.45) is 10.6. The fourth-order valence-corrected chi connectivity index (χ4v) is 1.19. The first-order chi connectivity index (χ1) is 5.88. The predicted octanol–water partition coefficient (Wildman–Crippen LogP) is 2.14. The molecule has 0 spiro atoms. The second-order valence-electron chi connectivity index (χ2n) is 2.85. The summed E-state index contributed by atoms with van der Waals surface area (Å²) in [5, 5.41) is 0. The number of aromatic nitrogens is 2. The number of imidazole rings is 1. The van der Waals surface area contributed by atoms with Crippen LogP contribution in [0.3, 0.4) is 0 Å². The molecule has 0 unspecified atom stereocenters. The maximum atomic E-state index is 3.20. The van der Waals surface area contributed by atoms with Crippen molar-refractivity contribution in [2.24, 2.45) is 0 Å². The van der Waals surface area contributed by atoms with E-state index in [0.717, 1.165) is 13.0 Å². The Morgan fingerprint density at radius 2 is 2.33 bits per heavy atom. The zero-order valence-corrected chi connectivity index (χ0v) is 7.88. The molecule has 1 heterocycles. The third-order valence-corrected chi connectivity index (χ3v) is 1.77. The second-order valence-corrected chi connectivity index (χ2v) is 2.85.